The number of hydrogen-bond donors (Lipinski definition) is 1. The van der Waals surface area contributed by atoms with Crippen LogP contribution in [0.1, 0.15) is 29.2 Å². The van der Waals surface area contributed by atoms with E-state index in [0.717, 1.165) is 22.4 Å². The Morgan fingerprint density at radius 3 is 2.25 bits per heavy atom. The van der Waals surface area contributed by atoms with Gasteiger partial charge >= 0.3 is 0 Å². The lowest BCUT2D eigenvalue weighted by atomic mass is 10.0. The minimum atomic E-state index is -0.372. The van der Waals surface area contributed by atoms with Crippen LogP contribution in [0.5, 0.6) is 5.75 Å². The molecule has 0 spiro atoms. The van der Waals surface area contributed by atoms with Crippen molar-refractivity contribution in [2.75, 3.05) is 16.8 Å². The molecular formula is C27H26N2O3. The monoisotopic (exact) mass is 426 g/mol. The molecule has 4 rings (SSSR count). The van der Waals surface area contributed by atoms with Crippen molar-refractivity contribution in [3.63, 3.8) is 0 Å². The van der Waals surface area contributed by atoms with Gasteiger partial charge in [0, 0.05) is 5.69 Å². The quantitative estimate of drug-likeness (QED) is 0.536. The minimum absolute atomic E-state index is 0.267. The Balaban J connectivity index is 1.80. The Morgan fingerprint density at radius 1 is 0.844 bits per heavy atom. The Labute approximate surface area is 188 Å². The van der Waals surface area contributed by atoms with Crippen LogP contribution in [-0.4, -0.2) is 18.4 Å². The van der Waals surface area contributed by atoms with Gasteiger partial charge in [-0.05, 0) is 86.3 Å². The summed E-state index contributed by atoms with van der Waals surface area (Å²) < 4.78 is 5.53. The van der Waals surface area contributed by atoms with Gasteiger partial charge in [0.25, 0.3) is 11.8 Å². The predicted molar refractivity (Wildman–Crippen MR) is 128 cm³/mol. The molecule has 5 nitrogen and oxygen atoms in total. The average Bonchev–Trinajstić information content (AvgIpc) is 3.01. The second-order valence-electron chi connectivity index (χ2n) is 7.92. The largest absolute Gasteiger partial charge is 0.494 e. The second-order valence-corrected chi connectivity index (χ2v) is 7.92. The maximum Gasteiger partial charge on any atom is 0.282 e. The molecule has 2 amide bonds. The maximum atomic E-state index is 13.6. The summed E-state index contributed by atoms with van der Waals surface area (Å²) in [6.07, 6.45) is 0. The first kappa shape index (κ1) is 21.4. The molecule has 3 aromatic rings. The fraction of sp³-hybridized carbons (Fsp3) is 0.185. The first-order valence-electron chi connectivity index (χ1n) is 10.7. The first-order chi connectivity index (χ1) is 15.4. The number of carbonyl (C=O) groups excluding carboxylic acids is 2. The molecule has 162 valence electrons. The van der Waals surface area contributed by atoms with Crippen molar-refractivity contribution in [3.8, 4) is 5.75 Å². The summed E-state index contributed by atoms with van der Waals surface area (Å²) in [6, 6.07) is 20.6. The third kappa shape index (κ3) is 4.02. The maximum absolute atomic E-state index is 13.6. The molecule has 5 heteroatoms. The van der Waals surface area contributed by atoms with Gasteiger partial charge in [-0.15, -0.1) is 0 Å². The Kier molecular flexibility index (Phi) is 5.82. The van der Waals surface area contributed by atoms with E-state index in [9.17, 15) is 9.59 Å². The smallest absolute Gasteiger partial charge is 0.282 e. The van der Waals surface area contributed by atoms with Crippen LogP contribution < -0.4 is 15.0 Å². The zero-order chi connectivity index (χ0) is 22.8. The predicted octanol–water partition coefficient (Wildman–Crippen LogP) is 5.41. The third-order valence-corrected chi connectivity index (χ3v) is 5.57. The van der Waals surface area contributed by atoms with Crippen molar-refractivity contribution in [3.05, 3.63) is 94.7 Å². The van der Waals surface area contributed by atoms with Crippen molar-refractivity contribution in [2.45, 2.75) is 27.7 Å². The van der Waals surface area contributed by atoms with Crippen molar-refractivity contribution in [2.24, 2.45) is 0 Å². The van der Waals surface area contributed by atoms with E-state index in [1.807, 2.05) is 94.4 Å². The molecule has 0 unspecified atom stereocenters. The number of nitrogens with zero attached hydrogens (tertiary/aromatic N) is 1. The number of rotatable bonds is 6. The lowest BCUT2D eigenvalue weighted by molar-refractivity contribution is -0.120. The van der Waals surface area contributed by atoms with E-state index in [0.29, 0.717) is 29.2 Å². The molecular weight excluding hydrogens is 400 g/mol. The summed E-state index contributed by atoms with van der Waals surface area (Å²) in [5, 5.41) is 3.21. The van der Waals surface area contributed by atoms with Crippen LogP contribution in [-0.2, 0) is 9.59 Å². The van der Waals surface area contributed by atoms with Crippen LogP contribution in [0.3, 0.4) is 0 Å². The number of carbonyl (C=O) groups is 2. The molecule has 0 radical (unpaired) electrons. The molecule has 1 aliphatic heterocycles. The Bertz CT molecular complexity index is 1230. The number of nitrogens with one attached hydrogen (secondary N) is 1. The zero-order valence-electron chi connectivity index (χ0n) is 18.7. The fourth-order valence-corrected chi connectivity index (χ4v) is 3.76. The molecule has 0 fully saturated rings. The van der Waals surface area contributed by atoms with Crippen molar-refractivity contribution >= 4 is 28.8 Å². The van der Waals surface area contributed by atoms with Gasteiger partial charge in [-0.3, -0.25) is 9.59 Å². The van der Waals surface area contributed by atoms with Gasteiger partial charge in [0.05, 0.1) is 17.9 Å². The standard InChI is InChI=1S/C27H26N2O3/c1-5-32-23-13-10-20(11-14-23)24-25(28-21-8-6-7-17(2)15-21)27(31)29(26(24)30)22-12-9-18(3)19(4)16-22/h6-16,28H,5H2,1-4H3. The lowest BCUT2D eigenvalue weighted by Gasteiger charge is -2.17. The number of imide groups is 1. The number of aryl methyl sites for hydroxylation is 3. The minimum Gasteiger partial charge on any atom is -0.494 e. The molecule has 3 aromatic carbocycles. The van der Waals surface area contributed by atoms with Gasteiger partial charge in [-0.1, -0.05) is 30.3 Å². The van der Waals surface area contributed by atoms with Crippen molar-refractivity contribution < 1.29 is 14.3 Å². The number of benzene rings is 3. The van der Waals surface area contributed by atoms with E-state index in [4.69, 9.17) is 4.74 Å². The summed E-state index contributed by atoms with van der Waals surface area (Å²) in [4.78, 5) is 28.3. The van der Waals surface area contributed by atoms with Crippen LogP contribution in [0.2, 0.25) is 0 Å². The van der Waals surface area contributed by atoms with Gasteiger partial charge < -0.3 is 10.1 Å². The van der Waals surface area contributed by atoms with E-state index in [1.54, 1.807) is 0 Å². The fourth-order valence-electron chi connectivity index (χ4n) is 3.76. The lowest BCUT2D eigenvalue weighted by Crippen LogP contribution is -2.32. The molecule has 1 N–H and O–H groups in total. The highest BCUT2D eigenvalue weighted by atomic mass is 16.5. The summed E-state index contributed by atoms with van der Waals surface area (Å²) >= 11 is 0. The molecule has 0 saturated heterocycles. The van der Waals surface area contributed by atoms with Crippen LogP contribution >= 0.6 is 0 Å². The molecule has 0 aliphatic carbocycles. The van der Waals surface area contributed by atoms with Crippen LogP contribution in [0.4, 0.5) is 11.4 Å². The topological polar surface area (TPSA) is 58.6 Å². The molecule has 32 heavy (non-hydrogen) atoms. The first-order valence-corrected chi connectivity index (χ1v) is 10.7. The Hall–Kier alpha value is -3.86. The number of ether oxygens (including phenoxy) is 1. The van der Waals surface area contributed by atoms with E-state index in [-0.39, 0.29) is 17.5 Å². The average molecular weight is 427 g/mol. The highest BCUT2D eigenvalue weighted by Gasteiger charge is 2.40. The summed E-state index contributed by atoms with van der Waals surface area (Å²) in [5.41, 5.74) is 5.77. The van der Waals surface area contributed by atoms with E-state index >= 15 is 0 Å². The van der Waals surface area contributed by atoms with Crippen molar-refractivity contribution in [1.29, 1.82) is 0 Å². The molecule has 0 bridgehead atoms. The van der Waals surface area contributed by atoms with Crippen LogP contribution in [0.15, 0.2) is 72.4 Å². The Morgan fingerprint density at radius 2 is 1.59 bits per heavy atom. The van der Waals surface area contributed by atoms with Crippen LogP contribution in [0.25, 0.3) is 5.57 Å². The highest BCUT2D eigenvalue weighted by Crippen LogP contribution is 2.35. The summed E-state index contributed by atoms with van der Waals surface area (Å²) in [6.45, 7) is 8.43. The van der Waals surface area contributed by atoms with Gasteiger partial charge in [0.2, 0.25) is 0 Å². The molecule has 1 heterocycles. The molecule has 1 aliphatic rings. The molecule has 0 aromatic heterocycles. The molecule has 0 saturated carbocycles. The van der Waals surface area contributed by atoms with Gasteiger partial charge in [0.15, 0.2) is 0 Å². The van der Waals surface area contributed by atoms with Crippen LogP contribution in [0, 0.1) is 20.8 Å². The number of amides is 2. The van der Waals surface area contributed by atoms with E-state index in [1.165, 1.54) is 4.90 Å². The normalized spacial score (nSPS) is 13.7. The highest BCUT2D eigenvalue weighted by molar-refractivity contribution is 6.46. The summed E-state index contributed by atoms with van der Waals surface area (Å²) in [5.74, 6) is -0.00552. The third-order valence-electron chi connectivity index (χ3n) is 5.57. The zero-order valence-corrected chi connectivity index (χ0v) is 18.7. The van der Waals surface area contributed by atoms with Gasteiger partial charge in [0.1, 0.15) is 11.4 Å². The molecule has 0 atom stereocenters. The van der Waals surface area contributed by atoms with Gasteiger partial charge in [-0.25, -0.2) is 4.90 Å². The number of hydrogen-bond acceptors (Lipinski definition) is 4. The van der Waals surface area contributed by atoms with Crippen molar-refractivity contribution in [1.82, 2.24) is 0 Å². The SMILES string of the molecule is CCOc1ccc(C2=C(Nc3cccc(C)c3)C(=O)N(c3ccc(C)c(C)c3)C2=O)cc1. The van der Waals surface area contributed by atoms with E-state index < -0.39 is 0 Å². The number of anilines is 2. The van der Waals surface area contributed by atoms with Gasteiger partial charge in [-0.2, -0.15) is 0 Å². The van der Waals surface area contributed by atoms with E-state index in [2.05, 4.69) is 5.32 Å². The second kappa shape index (κ2) is 8.71. The summed E-state index contributed by atoms with van der Waals surface area (Å²) in [7, 11) is 0.